The predicted octanol–water partition coefficient (Wildman–Crippen LogP) is 3.06. The zero-order valence-corrected chi connectivity index (χ0v) is 10.9. The molecule has 0 aliphatic carbocycles. The van der Waals surface area contributed by atoms with Crippen molar-refractivity contribution in [2.24, 2.45) is 0 Å². The largest absolute Gasteiger partial charge is 0.396 e. The van der Waals surface area contributed by atoms with E-state index in [1.165, 1.54) is 12.1 Å². The first-order valence-electron chi connectivity index (χ1n) is 4.86. The minimum atomic E-state index is -0.126. The lowest BCUT2D eigenvalue weighted by Gasteiger charge is -2.21. The first kappa shape index (κ1) is 13.1. The van der Waals surface area contributed by atoms with Gasteiger partial charge < -0.3 is 10.6 Å². The first-order valence-corrected chi connectivity index (χ1v) is 5.62. The molecule has 1 amide bonds. The van der Waals surface area contributed by atoms with E-state index < -0.39 is 0 Å². The van der Waals surface area contributed by atoms with E-state index in [9.17, 15) is 4.79 Å². The number of hydrogen-bond acceptors (Lipinski definition) is 2. The summed E-state index contributed by atoms with van der Waals surface area (Å²) in [5.41, 5.74) is 6.34. The summed E-state index contributed by atoms with van der Waals surface area (Å²) in [5, 5.41) is 0.598. The number of nitrogen functional groups attached to an aromatic ring is 1. The Hall–Kier alpha value is -0.930. The summed E-state index contributed by atoms with van der Waals surface area (Å²) in [7, 11) is 1.73. The van der Waals surface area contributed by atoms with Crippen LogP contribution in [-0.2, 0) is 0 Å². The van der Waals surface area contributed by atoms with Crippen molar-refractivity contribution in [2.75, 3.05) is 12.8 Å². The molecular weight excluding hydrogens is 247 g/mol. The molecule has 0 heterocycles. The zero-order chi connectivity index (χ0) is 12.5. The topological polar surface area (TPSA) is 46.3 Å². The standard InChI is InChI=1S/C11H14Cl2N2O/c1-6(2)15(3)11(16)7-4-8(12)10(14)9(13)5-7/h4-6H,14H2,1-3H3. The van der Waals surface area contributed by atoms with Crippen molar-refractivity contribution in [3.63, 3.8) is 0 Å². The monoisotopic (exact) mass is 260 g/mol. The van der Waals surface area contributed by atoms with Crippen molar-refractivity contribution in [3.8, 4) is 0 Å². The van der Waals surface area contributed by atoms with Crippen LogP contribution in [0.3, 0.4) is 0 Å². The highest BCUT2D eigenvalue weighted by Gasteiger charge is 2.16. The van der Waals surface area contributed by atoms with Crippen LogP contribution in [0.2, 0.25) is 10.0 Å². The fourth-order valence-corrected chi connectivity index (χ4v) is 1.63. The molecule has 0 atom stereocenters. The molecule has 16 heavy (non-hydrogen) atoms. The van der Waals surface area contributed by atoms with Crippen molar-refractivity contribution in [2.45, 2.75) is 19.9 Å². The van der Waals surface area contributed by atoms with Gasteiger partial charge in [0.2, 0.25) is 0 Å². The third-order valence-electron chi connectivity index (χ3n) is 2.42. The number of halogens is 2. The maximum atomic E-state index is 12.0. The molecule has 0 aromatic heterocycles. The molecule has 1 rings (SSSR count). The van der Waals surface area contributed by atoms with Crippen LogP contribution in [0.15, 0.2) is 12.1 Å². The minimum Gasteiger partial charge on any atom is -0.396 e. The number of nitrogens with two attached hydrogens (primary N) is 1. The number of nitrogens with zero attached hydrogens (tertiary/aromatic N) is 1. The van der Waals surface area contributed by atoms with Gasteiger partial charge in [0.1, 0.15) is 0 Å². The fraction of sp³-hybridized carbons (Fsp3) is 0.364. The molecule has 5 heteroatoms. The summed E-state index contributed by atoms with van der Waals surface area (Å²) in [6.45, 7) is 3.86. The van der Waals surface area contributed by atoms with E-state index in [1.807, 2.05) is 13.8 Å². The molecule has 0 bridgehead atoms. The number of hydrogen-bond donors (Lipinski definition) is 1. The van der Waals surface area contributed by atoms with Crippen molar-refractivity contribution in [3.05, 3.63) is 27.7 Å². The SMILES string of the molecule is CC(C)N(C)C(=O)c1cc(Cl)c(N)c(Cl)c1. The highest BCUT2D eigenvalue weighted by molar-refractivity contribution is 6.39. The third-order valence-corrected chi connectivity index (χ3v) is 3.05. The average Bonchev–Trinajstić information content (AvgIpc) is 2.22. The van der Waals surface area contributed by atoms with Gasteiger partial charge in [-0.3, -0.25) is 4.79 Å². The molecule has 1 aromatic carbocycles. The predicted molar refractivity (Wildman–Crippen MR) is 68.1 cm³/mol. The van der Waals surface area contributed by atoms with Gasteiger partial charge >= 0.3 is 0 Å². The molecule has 0 unspecified atom stereocenters. The summed E-state index contributed by atoms with van der Waals surface area (Å²) in [6.07, 6.45) is 0. The number of benzene rings is 1. The van der Waals surface area contributed by atoms with Gasteiger partial charge in [-0.2, -0.15) is 0 Å². The normalized spacial score (nSPS) is 10.6. The maximum Gasteiger partial charge on any atom is 0.253 e. The summed E-state index contributed by atoms with van der Waals surface area (Å²) < 4.78 is 0. The number of anilines is 1. The molecule has 0 aliphatic heterocycles. The van der Waals surface area contributed by atoms with Crippen LogP contribution in [0.25, 0.3) is 0 Å². The van der Waals surface area contributed by atoms with Crippen molar-refractivity contribution in [1.29, 1.82) is 0 Å². The van der Waals surface area contributed by atoms with Crippen LogP contribution < -0.4 is 5.73 Å². The Kier molecular flexibility index (Phi) is 4.05. The Balaban J connectivity index is 3.11. The molecule has 0 saturated heterocycles. The lowest BCUT2D eigenvalue weighted by atomic mass is 10.1. The lowest BCUT2D eigenvalue weighted by molar-refractivity contribution is 0.0755. The molecule has 0 radical (unpaired) electrons. The van der Waals surface area contributed by atoms with E-state index in [0.717, 1.165) is 0 Å². The molecule has 0 spiro atoms. The van der Waals surface area contributed by atoms with Gasteiger partial charge in [0.15, 0.2) is 0 Å². The van der Waals surface area contributed by atoms with Crippen molar-refractivity contribution < 1.29 is 4.79 Å². The van der Waals surface area contributed by atoms with Crippen LogP contribution in [0.5, 0.6) is 0 Å². The van der Waals surface area contributed by atoms with Gasteiger partial charge in [-0.25, -0.2) is 0 Å². The summed E-state index contributed by atoms with van der Waals surface area (Å²) in [5.74, 6) is -0.126. The number of amides is 1. The van der Waals surface area contributed by atoms with E-state index in [-0.39, 0.29) is 11.9 Å². The Labute approximate surface area is 105 Å². The van der Waals surface area contributed by atoms with Gasteiger partial charge in [-0.05, 0) is 26.0 Å². The molecule has 0 aliphatic rings. The van der Waals surface area contributed by atoms with Gasteiger partial charge in [0.25, 0.3) is 5.91 Å². The van der Waals surface area contributed by atoms with E-state index in [2.05, 4.69) is 0 Å². The second kappa shape index (κ2) is 4.93. The number of carbonyl (C=O) groups is 1. The smallest absolute Gasteiger partial charge is 0.253 e. The second-order valence-electron chi connectivity index (χ2n) is 3.86. The van der Waals surface area contributed by atoms with E-state index in [0.29, 0.717) is 21.3 Å². The van der Waals surface area contributed by atoms with E-state index >= 15 is 0 Å². The molecule has 3 nitrogen and oxygen atoms in total. The highest BCUT2D eigenvalue weighted by Crippen LogP contribution is 2.29. The molecule has 0 fully saturated rings. The van der Waals surface area contributed by atoms with Crippen molar-refractivity contribution in [1.82, 2.24) is 4.90 Å². The summed E-state index contributed by atoms with van der Waals surface area (Å²) in [4.78, 5) is 13.6. The molecular formula is C11H14Cl2N2O. The molecule has 0 saturated carbocycles. The maximum absolute atomic E-state index is 12.0. The zero-order valence-electron chi connectivity index (χ0n) is 9.42. The van der Waals surface area contributed by atoms with E-state index in [1.54, 1.807) is 11.9 Å². The van der Waals surface area contributed by atoms with Gasteiger partial charge in [0.05, 0.1) is 15.7 Å². The van der Waals surface area contributed by atoms with Gasteiger partial charge in [0, 0.05) is 18.7 Å². The Morgan fingerprint density at radius 1 is 1.31 bits per heavy atom. The highest BCUT2D eigenvalue weighted by atomic mass is 35.5. The number of carbonyl (C=O) groups excluding carboxylic acids is 1. The molecule has 1 aromatic rings. The quantitative estimate of drug-likeness (QED) is 0.831. The Morgan fingerprint density at radius 3 is 2.12 bits per heavy atom. The van der Waals surface area contributed by atoms with Crippen LogP contribution >= 0.6 is 23.2 Å². The number of rotatable bonds is 2. The van der Waals surface area contributed by atoms with Gasteiger partial charge in [-0.15, -0.1) is 0 Å². The third kappa shape index (κ3) is 2.60. The summed E-state index contributed by atoms with van der Waals surface area (Å²) >= 11 is 11.7. The summed E-state index contributed by atoms with van der Waals surface area (Å²) in [6, 6.07) is 3.18. The minimum absolute atomic E-state index is 0.114. The Bertz CT molecular complexity index is 395. The average molecular weight is 261 g/mol. The Morgan fingerprint density at radius 2 is 1.75 bits per heavy atom. The van der Waals surface area contributed by atoms with Crippen molar-refractivity contribution >= 4 is 34.8 Å². The van der Waals surface area contributed by atoms with Gasteiger partial charge in [-0.1, -0.05) is 23.2 Å². The molecule has 88 valence electrons. The fourth-order valence-electron chi connectivity index (χ4n) is 1.15. The lowest BCUT2D eigenvalue weighted by Crippen LogP contribution is -2.33. The molecule has 2 N–H and O–H groups in total. The van der Waals surface area contributed by atoms with Crippen LogP contribution in [0.1, 0.15) is 24.2 Å². The van der Waals surface area contributed by atoms with Crippen LogP contribution in [0, 0.1) is 0 Å². The second-order valence-corrected chi connectivity index (χ2v) is 4.68. The van der Waals surface area contributed by atoms with Crippen LogP contribution in [-0.4, -0.2) is 23.9 Å². The van der Waals surface area contributed by atoms with E-state index in [4.69, 9.17) is 28.9 Å². The van der Waals surface area contributed by atoms with Crippen LogP contribution in [0.4, 0.5) is 5.69 Å². The first-order chi connectivity index (χ1) is 7.34.